The largest absolute Gasteiger partial charge is 0.478 e. The van der Waals surface area contributed by atoms with Crippen LogP contribution in [0, 0.1) is 0 Å². The molecule has 9 heteroatoms. The number of aromatic nitrogens is 1. The molecule has 4 aromatic rings. The standard InChI is InChI=1S/C24H18Cl2N2O5/c1-13(15-4-6-16(7-5-15)23(30)31)27-22(29)19-10-18(26)11-20-21(19)28(24(32)33-20)12-14-2-8-17(25)9-3-14/h2-11,13H,12H2,1H3,(H,27,29)(H,30,31). The van der Waals surface area contributed by atoms with Crippen LogP contribution >= 0.6 is 23.2 Å². The van der Waals surface area contributed by atoms with Crippen LogP contribution in [0.1, 0.15) is 44.8 Å². The number of nitrogens with zero attached hydrogens (tertiary/aromatic N) is 1. The van der Waals surface area contributed by atoms with Crippen LogP contribution < -0.4 is 11.1 Å². The van der Waals surface area contributed by atoms with Crippen LogP contribution in [0.25, 0.3) is 11.1 Å². The van der Waals surface area contributed by atoms with Crippen molar-refractivity contribution in [2.75, 3.05) is 0 Å². The number of carboxylic acids is 1. The van der Waals surface area contributed by atoms with E-state index in [-0.39, 0.29) is 28.3 Å². The Kier molecular flexibility index (Phi) is 6.26. The Morgan fingerprint density at radius 2 is 1.70 bits per heavy atom. The number of nitrogens with one attached hydrogen (secondary N) is 1. The third kappa shape index (κ3) is 4.79. The molecular formula is C24H18Cl2N2O5. The highest BCUT2D eigenvalue weighted by Crippen LogP contribution is 2.25. The summed E-state index contributed by atoms with van der Waals surface area (Å²) in [6.07, 6.45) is 0. The number of carbonyl (C=O) groups is 2. The SMILES string of the molecule is CC(NC(=O)c1cc(Cl)cc2oc(=O)n(Cc3ccc(Cl)cc3)c12)c1ccc(C(=O)O)cc1. The quantitative estimate of drug-likeness (QED) is 0.394. The van der Waals surface area contributed by atoms with Crippen LogP contribution in [0.2, 0.25) is 10.0 Å². The van der Waals surface area contributed by atoms with Gasteiger partial charge in [-0.1, -0.05) is 47.5 Å². The molecule has 168 valence electrons. The van der Waals surface area contributed by atoms with Crippen molar-refractivity contribution in [3.05, 3.63) is 104 Å². The Bertz CT molecular complexity index is 1410. The summed E-state index contributed by atoms with van der Waals surface area (Å²) in [5.41, 5.74) is 2.38. The zero-order chi connectivity index (χ0) is 23.7. The molecule has 4 rings (SSSR count). The van der Waals surface area contributed by atoms with E-state index < -0.39 is 23.7 Å². The molecule has 3 aromatic carbocycles. The lowest BCUT2D eigenvalue weighted by molar-refractivity contribution is 0.0696. The molecule has 1 aromatic heterocycles. The minimum atomic E-state index is -1.03. The van der Waals surface area contributed by atoms with Crippen molar-refractivity contribution < 1.29 is 19.1 Å². The van der Waals surface area contributed by atoms with Gasteiger partial charge in [0.1, 0.15) is 5.52 Å². The maximum Gasteiger partial charge on any atom is 0.420 e. The minimum Gasteiger partial charge on any atom is -0.478 e. The number of benzene rings is 3. The van der Waals surface area contributed by atoms with Crippen LogP contribution in [0.4, 0.5) is 0 Å². The molecule has 0 fully saturated rings. The molecule has 0 saturated heterocycles. The van der Waals surface area contributed by atoms with Gasteiger partial charge in [0, 0.05) is 16.1 Å². The van der Waals surface area contributed by atoms with E-state index >= 15 is 0 Å². The van der Waals surface area contributed by atoms with Crippen LogP contribution in [-0.4, -0.2) is 21.6 Å². The average Bonchev–Trinajstić information content (AvgIpc) is 3.09. The van der Waals surface area contributed by atoms with Gasteiger partial charge in [-0.25, -0.2) is 9.59 Å². The number of carbonyl (C=O) groups excluding carboxylic acids is 1. The Balaban J connectivity index is 1.68. The summed E-state index contributed by atoms with van der Waals surface area (Å²) in [4.78, 5) is 36.8. The summed E-state index contributed by atoms with van der Waals surface area (Å²) in [5, 5.41) is 12.7. The van der Waals surface area contributed by atoms with Crippen molar-refractivity contribution >= 4 is 46.2 Å². The number of hydrogen-bond donors (Lipinski definition) is 2. The zero-order valence-electron chi connectivity index (χ0n) is 17.3. The third-order valence-corrected chi connectivity index (χ3v) is 5.70. The van der Waals surface area contributed by atoms with Gasteiger partial charge in [-0.2, -0.15) is 0 Å². The van der Waals surface area contributed by atoms with Crippen molar-refractivity contribution in [1.29, 1.82) is 0 Å². The van der Waals surface area contributed by atoms with E-state index in [1.54, 1.807) is 43.3 Å². The van der Waals surface area contributed by atoms with Crippen molar-refractivity contribution in [2.24, 2.45) is 0 Å². The molecule has 1 heterocycles. The summed E-state index contributed by atoms with van der Waals surface area (Å²) >= 11 is 12.1. The Hall–Kier alpha value is -3.55. The van der Waals surface area contributed by atoms with Crippen molar-refractivity contribution in [1.82, 2.24) is 9.88 Å². The first-order chi connectivity index (χ1) is 15.7. The lowest BCUT2D eigenvalue weighted by Crippen LogP contribution is -2.27. The van der Waals surface area contributed by atoms with Crippen LogP contribution in [0.5, 0.6) is 0 Å². The molecule has 0 aliphatic heterocycles. The molecule has 0 aliphatic carbocycles. The average molecular weight is 485 g/mol. The molecule has 1 amide bonds. The van der Waals surface area contributed by atoms with Gasteiger partial charge in [0.2, 0.25) is 0 Å². The molecule has 0 spiro atoms. The van der Waals surface area contributed by atoms with Gasteiger partial charge in [-0.3, -0.25) is 9.36 Å². The summed E-state index contributed by atoms with van der Waals surface area (Å²) in [5.74, 6) is -2.10. The van der Waals surface area contributed by atoms with E-state index in [0.717, 1.165) is 11.1 Å². The van der Waals surface area contributed by atoms with Gasteiger partial charge in [0.05, 0.1) is 23.7 Å². The number of rotatable bonds is 6. The Morgan fingerprint density at radius 1 is 1.03 bits per heavy atom. The molecule has 0 bridgehead atoms. The van der Waals surface area contributed by atoms with Gasteiger partial charge in [0.25, 0.3) is 5.91 Å². The van der Waals surface area contributed by atoms with E-state index in [0.29, 0.717) is 10.5 Å². The van der Waals surface area contributed by atoms with Crippen LogP contribution in [0.15, 0.2) is 69.9 Å². The number of amides is 1. The number of fused-ring (bicyclic) bond motifs is 1. The lowest BCUT2D eigenvalue weighted by Gasteiger charge is -2.16. The number of aromatic carboxylic acids is 1. The van der Waals surface area contributed by atoms with Crippen molar-refractivity contribution in [3.63, 3.8) is 0 Å². The fraction of sp³-hybridized carbons (Fsp3) is 0.125. The Morgan fingerprint density at radius 3 is 2.33 bits per heavy atom. The van der Waals surface area contributed by atoms with E-state index in [2.05, 4.69) is 5.32 Å². The van der Waals surface area contributed by atoms with Gasteiger partial charge >= 0.3 is 11.7 Å². The molecule has 1 atom stereocenters. The summed E-state index contributed by atoms with van der Waals surface area (Å²) in [6, 6.07) is 15.7. The molecule has 0 aliphatic rings. The normalized spacial score (nSPS) is 12.0. The third-order valence-electron chi connectivity index (χ3n) is 5.23. The van der Waals surface area contributed by atoms with E-state index in [4.69, 9.17) is 32.7 Å². The first-order valence-corrected chi connectivity index (χ1v) is 10.7. The summed E-state index contributed by atoms with van der Waals surface area (Å²) in [7, 11) is 0. The molecule has 0 radical (unpaired) electrons. The van der Waals surface area contributed by atoms with Crippen LogP contribution in [0.3, 0.4) is 0 Å². The summed E-state index contributed by atoms with van der Waals surface area (Å²) in [6.45, 7) is 1.95. The van der Waals surface area contributed by atoms with Gasteiger partial charge in [-0.05, 0) is 48.4 Å². The topological polar surface area (TPSA) is 102 Å². The second kappa shape index (κ2) is 9.13. The lowest BCUT2D eigenvalue weighted by atomic mass is 10.1. The zero-order valence-corrected chi connectivity index (χ0v) is 18.9. The van der Waals surface area contributed by atoms with Gasteiger partial charge < -0.3 is 14.8 Å². The summed E-state index contributed by atoms with van der Waals surface area (Å²) < 4.78 is 6.72. The molecule has 2 N–H and O–H groups in total. The van der Waals surface area contributed by atoms with E-state index in [1.807, 2.05) is 0 Å². The monoisotopic (exact) mass is 484 g/mol. The smallest absolute Gasteiger partial charge is 0.420 e. The van der Waals surface area contributed by atoms with Crippen LogP contribution in [-0.2, 0) is 6.54 Å². The number of hydrogen-bond acceptors (Lipinski definition) is 4. The number of oxazole rings is 1. The maximum absolute atomic E-state index is 13.2. The fourth-order valence-electron chi connectivity index (χ4n) is 3.53. The fourth-order valence-corrected chi connectivity index (χ4v) is 3.87. The highest BCUT2D eigenvalue weighted by Gasteiger charge is 2.21. The maximum atomic E-state index is 13.2. The second-order valence-electron chi connectivity index (χ2n) is 7.50. The molecular weight excluding hydrogens is 467 g/mol. The molecule has 0 saturated carbocycles. The van der Waals surface area contributed by atoms with Crippen molar-refractivity contribution in [3.8, 4) is 0 Å². The number of halogens is 2. The minimum absolute atomic E-state index is 0.151. The Labute approximate surface area is 198 Å². The highest BCUT2D eigenvalue weighted by molar-refractivity contribution is 6.32. The second-order valence-corrected chi connectivity index (χ2v) is 8.38. The van der Waals surface area contributed by atoms with Gasteiger partial charge in [-0.15, -0.1) is 0 Å². The van der Waals surface area contributed by atoms with Gasteiger partial charge in [0.15, 0.2) is 5.58 Å². The molecule has 7 nitrogen and oxygen atoms in total. The number of carboxylic acid groups (broad SMARTS) is 1. The van der Waals surface area contributed by atoms with Crippen molar-refractivity contribution in [2.45, 2.75) is 19.5 Å². The molecule has 1 unspecified atom stereocenters. The van der Waals surface area contributed by atoms with E-state index in [9.17, 15) is 14.4 Å². The van der Waals surface area contributed by atoms with E-state index in [1.165, 1.54) is 28.8 Å². The molecule has 33 heavy (non-hydrogen) atoms. The predicted molar refractivity (Wildman–Crippen MR) is 125 cm³/mol. The first kappa shape index (κ1) is 22.6. The highest BCUT2D eigenvalue weighted by atomic mass is 35.5. The first-order valence-electron chi connectivity index (χ1n) is 9.94. The predicted octanol–water partition coefficient (Wildman–Crippen LogP) is 5.14.